The van der Waals surface area contributed by atoms with E-state index in [1.807, 2.05) is 12.4 Å². The van der Waals surface area contributed by atoms with Gasteiger partial charge < -0.3 is 10.2 Å². The van der Waals surface area contributed by atoms with Crippen LogP contribution in [0.3, 0.4) is 0 Å². The molecule has 0 radical (unpaired) electrons. The van der Waals surface area contributed by atoms with E-state index in [4.69, 9.17) is 4.98 Å². The quantitative estimate of drug-likeness (QED) is 0.838. The van der Waals surface area contributed by atoms with Gasteiger partial charge in [-0.2, -0.15) is 0 Å². The van der Waals surface area contributed by atoms with Crippen molar-refractivity contribution >= 4 is 11.6 Å². The molecule has 0 fully saturated rings. The summed E-state index contributed by atoms with van der Waals surface area (Å²) in [5.41, 5.74) is 3.42. The molecule has 0 aliphatic carbocycles. The highest BCUT2D eigenvalue weighted by Crippen LogP contribution is 2.24. The van der Waals surface area contributed by atoms with Crippen molar-refractivity contribution in [2.45, 2.75) is 25.8 Å². The van der Waals surface area contributed by atoms with E-state index in [0.717, 1.165) is 61.9 Å². The van der Waals surface area contributed by atoms with Gasteiger partial charge in [-0.1, -0.05) is 0 Å². The van der Waals surface area contributed by atoms with Crippen molar-refractivity contribution in [1.29, 1.82) is 0 Å². The number of aryl methyl sites for hydroxylation is 1. The van der Waals surface area contributed by atoms with Crippen LogP contribution < -0.4 is 10.2 Å². The fourth-order valence-electron chi connectivity index (χ4n) is 2.79. The van der Waals surface area contributed by atoms with E-state index in [1.165, 1.54) is 5.56 Å². The summed E-state index contributed by atoms with van der Waals surface area (Å²) in [5, 5.41) is 3.34. The molecule has 1 N–H and O–H groups in total. The van der Waals surface area contributed by atoms with Gasteiger partial charge in [-0.25, -0.2) is 15.0 Å². The van der Waals surface area contributed by atoms with Crippen LogP contribution in [0.2, 0.25) is 0 Å². The molecule has 2 aromatic heterocycles. The van der Waals surface area contributed by atoms with E-state index >= 15 is 0 Å². The topological polar surface area (TPSA) is 66.8 Å². The highest BCUT2D eigenvalue weighted by molar-refractivity contribution is 5.50. The Morgan fingerprint density at radius 3 is 3.10 bits per heavy atom. The minimum atomic E-state index is 0.783. The number of anilines is 2. The lowest BCUT2D eigenvalue weighted by molar-refractivity contribution is 0.688. The highest BCUT2D eigenvalue weighted by Gasteiger charge is 2.20. The molecule has 4 rings (SSSR count). The molecular weight excluding hydrogens is 252 g/mol. The smallest absolute Gasteiger partial charge is 0.150 e. The van der Waals surface area contributed by atoms with Gasteiger partial charge in [0.1, 0.15) is 18.0 Å². The molecule has 0 unspecified atom stereocenters. The second kappa shape index (κ2) is 4.70. The molecule has 0 spiro atoms. The molecule has 0 saturated carbocycles. The molecule has 2 aliphatic rings. The normalized spacial score (nSPS) is 17.1. The van der Waals surface area contributed by atoms with E-state index in [9.17, 15) is 0 Å². The number of hydrogen-bond donors (Lipinski definition) is 1. The summed E-state index contributed by atoms with van der Waals surface area (Å²) in [6.45, 7) is 2.71. The molecule has 0 bridgehead atoms. The lowest BCUT2D eigenvalue weighted by Gasteiger charge is -2.29. The minimum absolute atomic E-state index is 0.783. The Bertz CT molecular complexity index is 641. The van der Waals surface area contributed by atoms with E-state index in [0.29, 0.717) is 0 Å². The van der Waals surface area contributed by atoms with Gasteiger partial charge in [-0.3, -0.25) is 4.98 Å². The molecule has 2 aliphatic heterocycles. The molecule has 102 valence electrons. The summed E-state index contributed by atoms with van der Waals surface area (Å²) < 4.78 is 0. The van der Waals surface area contributed by atoms with Gasteiger partial charge in [0.15, 0.2) is 0 Å². The average Bonchev–Trinajstić information content (AvgIpc) is 2.54. The lowest BCUT2D eigenvalue weighted by atomic mass is 10.1. The van der Waals surface area contributed by atoms with E-state index in [-0.39, 0.29) is 0 Å². The van der Waals surface area contributed by atoms with E-state index in [1.54, 1.807) is 6.33 Å². The lowest BCUT2D eigenvalue weighted by Crippen LogP contribution is -2.32. The van der Waals surface area contributed by atoms with Gasteiger partial charge in [0.25, 0.3) is 0 Å². The fraction of sp³-hybridized carbons (Fsp3) is 0.429. The van der Waals surface area contributed by atoms with E-state index in [2.05, 4.69) is 25.2 Å². The molecule has 20 heavy (non-hydrogen) atoms. The summed E-state index contributed by atoms with van der Waals surface area (Å²) in [5.74, 6) is 1.88. The van der Waals surface area contributed by atoms with Gasteiger partial charge in [-0.15, -0.1) is 0 Å². The standard InChI is InChI=1S/C14H16N6/c1-2-11-14(16-4-1)19-13(7-17-11)20-5-3-10-6-15-9-18-12(10)8-20/h6-7,9H,1-5,8H2,(H,16,19). The molecule has 6 nitrogen and oxygen atoms in total. The molecule has 4 heterocycles. The molecule has 6 heteroatoms. The highest BCUT2D eigenvalue weighted by atomic mass is 15.2. The van der Waals surface area contributed by atoms with Gasteiger partial charge in [0.2, 0.25) is 0 Å². The summed E-state index contributed by atoms with van der Waals surface area (Å²) in [7, 11) is 0. The number of aromatic nitrogens is 4. The van der Waals surface area contributed by atoms with Crippen LogP contribution in [0.5, 0.6) is 0 Å². The number of hydrogen-bond acceptors (Lipinski definition) is 6. The van der Waals surface area contributed by atoms with Crippen LogP contribution in [-0.4, -0.2) is 33.0 Å². The molecule has 0 atom stereocenters. The van der Waals surface area contributed by atoms with Crippen LogP contribution in [0.4, 0.5) is 11.6 Å². The Balaban J connectivity index is 1.63. The third-order valence-corrected chi connectivity index (χ3v) is 3.92. The Hall–Kier alpha value is -2.24. The molecular formula is C14H16N6. The first kappa shape index (κ1) is 11.6. The first-order valence-electron chi connectivity index (χ1n) is 7.02. The predicted molar refractivity (Wildman–Crippen MR) is 75.6 cm³/mol. The SMILES string of the molecule is c1ncc2c(n1)CN(c1cnc3c(n1)NCCC3)CC2. The van der Waals surface area contributed by atoms with Crippen LogP contribution in [-0.2, 0) is 19.4 Å². The van der Waals surface area contributed by atoms with Crippen LogP contribution in [0.25, 0.3) is 0 Å². The summed E-state index contributed by atoms with van der Waals surface area (Å²) in [6.07, 6.45) is 8.53. The van der Waals surface area contributed by atoms with Crippen molar-refractivity contribution in [3.8, 4) is 0 Å². The summed E-state index contributed by atoms with van der Waals surface area (Å²) >= 11 is 0. The van der Waals surface area contributed by atoms with Crippen molar-refractivity contribution in [2.75, 3.05) is 23.3 Å². The molecule has 2 aromatic rings. The zero-order valence-electron chi connectivity index (χ0n) is 11.2. The van der Waals surface area contributed by atoms with E-state index < -0.39 is 0 Å². The van der Waals surface area contributed by atoms with Gasteiger partial charge in [0.05, 0.1) is 24.1 Å². The fourth-order valence-corrected chi connectivity index (χ4v) is 2.79. The average molecular weight is 268 g/mol. The van der Waals surface area contributed by atoms with Gasteiger partial charge >= 0.3 is 0 Å². The maximum Gasteiger partial charge on any atom is 0.150 e. The van der Waals surface area contributed by atoms with Crippen LogP contribution in [0, 0.1) is 0 Å². The predicted octanol–water partition coefficient (Wildman–Crippen LogP) is 1.19. The minimum Gasteiger partial charge on any atom is -0.368 e. The third-order valence-electron chi connectivity index (χ3n) is 3.92. The molecule has 0 saturated heterocycles. The van der Waals surface area contributed by atoms with Gasteiger partial charge in [-0.05, 0) is 24.8 Å². The zero-order chi connectivity index (χ0) is 13.4. The van der Waals surface area contributed by atoms with Crippen LogP contribution in [0.1, 0.15) is 23.4 Å². The Morgan fingerprint density at radius 2 is 2.10 bits per heavy atom. The van der Waals surface area contributed by atoms with Crippen molar-refractivity contribution < 1.29 is 0 Å². The number of rotatable bonds is 1. The second-order valence-electron chi connectivity index (χ2n) is 5.22. The van der Waals surface area contributed by atoms with Crippen molar-refractivity contribution in [2.24, 2.45) is 0 Å². The number of fused-ring (bicyclic) bond motifs is 2. The number of nitrogens with one attached hydrogen (secondary N) is 1. The van der Waals surface area contributed by atoms with Crippen molar-refractivity contribution in [3.63, 3.8) is 0 Å². The van der Waals surface area contributed by atoms with Gasteiger partial charge in [0, 0.05) is 19.3 Å². The first-order chi connectivity index (χ1) is 9.90. The molecule has 0 amide bonds. The Kier molecular flexibility index (Phi) is 2.72. The Labute approximate surface area is 117 Å². The maximum absolute atomic E-state index is 4.72. The maximum atomic E-state index is 4.72. The first-order valence-corrected chi connectivity index (χ1v) is 7.02. The summed E-state index contributed by atoms with van der Waals surface area (Å²) in [6, 6.07) is 0. The second-order valence-corrected chi connectivity index (χ2v) is 5.22. The Morgan fingerprint density at radius 1 is 1.10 bits per heavy atom. The number of nitrogens with zero attached hydrogens (tertiary/aromatic N) is 5. The third kappa shape index (κ3) is 1.97. The zero-order valence-corrected chi connectivity index (χ0v) is 11.2. The van der Waals surface area contributed by atoms with Crippen molar-refractivity contribution in [1.82, 2.24) is 19.9 Å². The van der Waals surface area contributed by atoms with Crippen LogP contribution >= 0.6 is 0 Å². The monoisotopic (exact) mass is 268 g/mol. The van der Waals surface area contributed by atoms with Crippen molar-refractivity contribution in [3.05, 3.63) is 35.7 Å². The largest absolute Gasteiger partial charge is 0.368 e. The van der Waals surface area contributed by atoms with Crippen LogP contribution in [0.15, 0.2) is 18.7 Å². The summed E-state index contributed by atoms with van der Waals surface area (Å²) in [4.78, 5) is 20.0. The molecule has 0 aromatic carbocycles.